The Morgan fingerprint density at radius 1 is 1.09 bits per heavy atom. The molecule has 0 radical (unpaired) electrons. The zero-order valence-electron chi connectivity index (χ0n) is 12.2. The van der Waals surface area contributed by atoms with Crippen molar-refractivity contribution in [3.05, 3.63) is 59.8 Å². The maximum Gasteiger partial charge on any atom is 0.213 e. The molecule has 0 aliphatic rings. The van der Waals surface area contributed by atoms with Gasteiger partial charge in [-0.15, -0.1) is 11.6 Å². The molecule has 0 atom stereocenters. The highest BCUT2D eigenvalue weighted by Gasteiger charge is 2.09. The van der Waals surface area contributed by atoms with E-state index >= 15 is 0 Å². The van der Waals surface area contributed by atoms with Crippen molar-refractivity contribution in [1.82, 2.24) is 4.98 Å². The minimum Gasteiger partial charge on any atom is -0.478 e. The number of ether oxygens (including phenoxy) is 1. The predicted molar refractivity (Wildman–Crippen MR) is 92.3 cm³/mol. The summed E-state index contributed by atoms with van der Waals surface area (Å²) < 4.78 is 5.56. The summed E-state index contributed by atoms with van der Waals surface area (Å²) in [4.78, 5) is 16.4. The first-order valence-electron chi connectivity index (χ1n) is 7.13. The fraction of sp³-hybridized carbons (Fsp3) is 0.294. The van der Waals surface area contributed by atoms with Crippen molar-refractivity contribution < 1.29 is 9.53 Å². The number of carbonyl (C=O) groups is 1. The van der Waals surface area contributed by atoms with Gasteiger partial charge in [0.1, 0.15) is 0 Å². The van der Waals surface area contributed by atoms with Gasteiger partial charge in [-0.2, -0.15) is 11.8 Å². The first-order chi connectivity index (χ1) is 10.8. The molecular formula is C17H18ClNO2S. The van der Waals surface area contributed by atoms with Crippen LogP contribution in [0.15, 0.2) is 48.7 Å². The number of alkyl halides is 1. The number of halogens is 1. The zero-order chi connectivity index (χ0) is 15.6. The van der Waals surface area contributed by atoms with Crippen LogP contribution in [-0.2, 0) is 0 Å². The van der Waals surface area contributed by atoms with E-state index in [9.17, 15) is 4.79 Å². The van der Waals surface area contributed by atoms with E-state index in [1.54, 1.807) is 30.5 Å². The maximum absolute atomic E-state index is 12.2. The van der Waals surface area contributed by atoms with Crippen molar-refractivity contribution in [3.8, 4) is 5.88 Å². The molecule has 0 aliphatic carbocycles. The molecule has 5 heteroatoms. The summed E-state index contributed by atoms with van der Waals surface area (Å²) in [5.41, 5.74) is 1.23. The molecule has 116 valence electrons. The van der Waals surface area contributed by atoms with E-state index < -0.39 is 0 Å². The number of thioether (sulfide) groups is 1. The molecule has 0 amide bonds. The molecule has 0 saturated heterocycles. The molecule has 0 spiro atoms. The smallest absolute Gasteiger partial charge is 0.213 e. The summed E-state index contributed by atoms with van der Waals surface area (Å²) in [6, 6.07) is 12.7. The van der Waals surface area contributed by atoms with Crippen molar-refractivity contribution in [1.29, 1.82) is 0 Å². The van der Waals surface area contributed by atoms with Gasteiger partial charge in [0.2, 0.25) is 5.88 Å². The predicted octanol–water partition coefficient (Wildman–Crippen LogP) is 4.05. The molecule has 22 heavy (non-hydrogen) atoms. The average Bonchev–Trinajstić information content (AvgIpc) is 2.59. The minimum atomic E-state index is -0.0304. The molecule has 0 saturated carbocycles. The van der Waals surface area contributed by atoms with E-state index in [1.807, 2.05) is 30.0 Å². The van der Waals surface area contributed by atoms with Crippen LogP contribution in [0.4, 0.5) is 0 Å². The number of nitrogens with zero attached hydrogens (tertiary/aromatic N) is 1. The monoisotopic (exact) mass is 335 g/mol. The molecule has 2 aromatic rings. The summed E-state index contributed by atoms with van der Waals surface area (Å²) >= 11 is 7.42. The lowest BCUT2D eigenvalue weighted by Crippen LogP contribution is -2.04. The third-order valence-corrected chi connectivity index (χ3v) is 4.42. The highest BCUT2D eigenvalue weighted by molar-refractivity contribution is 7.99. The molecule has 1 aromatic carbocycles. The van der Waals surface area contributed by atoms with Crippen molar-refractivity contribution >= 4 is 29.1 Å². The third-order valence-electron chi connectivity index (χ3n) is 2.94. The van der Waals surface area contributed by atoms with Crippen LogP contribution in [0.5, 0.6) is 5.88 Å². The SMILES string of the molecule is O=C(c1ccccc1)c1ccc(OCCCSCCCl)nc1. The van der Waals surface area contributed by atoms with Crippen molar-refractivity contribution in [2.24, 2.45) is 0 Å². The summed E-state index contributed by atoms with van der Waals surface area (Å²) in [7, 11) is 0. The molecule has 1 heterocycles. The molecule has 0 unspecified atom stereocenters. The number of rotatable bonds is 9. The number of benzene rings is 1. The normalized spacial score (nSPS) is 10.4. The van der Waals surface area contributed by atoms with Crippen LogP contribution in [-0.4, -0.2) is 34.8 Å². The standard InChI is InChI=1S/C17H18ClNO2S/c18-9-12-22-11-4-10-21-16-8-7-15(13-19-16)17(20)14-5-2-1-3-6-14/h1-3,5-8,13H,4,9-12H2. The maximum atomic E-state index is 12.2. The van der Waals surface area contributed by atoms with Gasteiger partial charge in [0.15, 0.2) is 5.78 Å². The summed E-state index contributed by atoms with van der Waals surface area (Å²) in [6.07, 6.45) is 2.51. The quantitative estimate of drug-likeness (QED) is 0.393. The summed E-state index contributed by atoms with van der Waals surface area (Å²) in [5.74, 6) is 3.20. The van der Waals surface area contributed by atoms with Gasteiger partial charge in [-0.25, -0.2) is 4.98 Å². The number of hydrogen-bond donors (Lipinski definition) is 0. The first kappa shape index (κ1) is 16.8. The van der Waals surface area contributed by atoms with E-state index in [0.717, 1.165) is 17.9 Å². The Kier molecular flexibility index (Phi) is 7.26. The Balaban J connectivity index is 1.82. The molecule has 1 aromatic heterocycles. The van der Waals surface area contributed by atoms with Gasteiger partial charge < -0.3 is 4.74 Å². The van der Waals surface area contributed by atoms with E-state index in [4.69, 9.17) is 16.3 Å². The number of aromatic nitrogens is 1. The molecule has 0 fully saturated rings. The van der Waals surface area contributed by atoms with Crippen LogP contribution in [0.1, 0.15) is 22.3 Å². The molecule has 2 rings (SSSR count). The van der Waals surface area contributed by atoms with E-state index in [-0.39, 0.29) is 5.78 Å². The average molecular weight is 336 g/mol. The van der Waals surface area contributed by atoms with Gasteiger partial charge >= 0.3 is 0 Å². The second-order valence-corrected chi connectivity index (χ2v) is 6.19. The second-order valence-electron chi connectivity index (χ2n) is 4.58. The third kappa shape index (κ3) is 5.35. The molecule has 0 aliphatic heterocycles. The Labute approximate surface area is 140 Å². The summed E-state index contributed by atoms with van der Waals surface area (Å²) in [5, 5.41) is 0. The van der Waals surface area contributed by atoms with Crippen molar-refractivity contribution in [3.63, 3.8) is 0 Å². The van der Waals surface area contributed by atoms with Gasteiger partial charge in [0.25, 0.3) is 0 Å². The number of pyridine rings is 1. The van der Waals surface area contributed by atoms with Gasteiger partial charge in [0.05, 0.1) is 6.61 Å². The van der Waals surface area contributed by atoms with Crippen LogP contribution >= 0.6 is 23.4 Å². The Morgan fingerprint density at radius 2 is 1.91 bits per heavy atom. The lowest BCUT2D eigenvalue weighted by atomic mass is 10.1. The van der Waals surface area contributed by atoms with E-state index in [2.05, 4.69) is 4.98 Å². The van der Waals surface area contributed by atoms with Crippen LogP contribution in [0.2, 0.25) is 0 Å². The summed E-state index contributed by atoms with van der Waals surface area (Å²) in [6.45, 7) is 0.619. The molecular weight excluding hydrogens is 318 g/mol. The van der Waals surface area contributed by atoms with E-state index in [1.165, 1.54) is 0 Å². The molecule has 3 nitrogen and oxygen atoms in total. The first-order valence-corrected chi connectivity index (χ1v) is 8.82. The van der Waals surface area contributed by atoms with Crippen molar-refractivity contribution in [2.75, 3.05) is 24.0 Å². The highest BCUT2D eigenvalue weighted by atomic mass is 35.5. The van der Waals surface area contributed by atoms with Gasteiger partial charge in [-0.05, 0) is 18.2 Å². The van der Waals surface area contributed by atoms with Gasteiger partial charge in [-0.3, -0.25) is 4.79 Å². The molecule has 0 bridgehead atoms. The van der Waals surface area contributed by atoms with Gasteiger partial charge in [0, 0.05) is 35.0 Å². The number of ketones is 1. The van der Waals surface area contributed by atoms with Crippen LogP contribution in [0.25, 0.3) is 0 Å². The Bertz CT molecular complexity index is 575. The topological polar surface area (TPSA) is 39.2 Å². The Morgan fingerprint density at radius 3 is 2.59 bits per heavy atom. The van der Waals surface area contributed by atoms with Crippen LogP contribution in [0, 0.1) is 0 Å². The fourth-order valence-corrected chi connectivity index (χ4v) is 2.81. The minimum absolute atomic E-state index is 0.0304. The zero-order valence-corrected chi connectivity index (χ0v) is 13.8. The Hall–Kier alpha value is -1.52. The highest BCUT2D eigenvalue weighted by Crippen LogP contribution is 2.13. The molecule has 0 N–H and O–H groups in total. The number of hydrogen-bond acceptors (Lipinski definition) is 4. The van der Waals surface area contributed by atoms with Crippen LogP contribution < -0.4 is 4.74 Å². The van der Waals surface area contributed by atoms with Crippen LogP contribution in [0.3, 0.4) is 0 Å². The lowest BCUT2D eigenvalue weighted by molar-refractivity contribution is 0.103. The second kappa shape index (κ2) is 9.49. The largest absolute Gasteiger partial charge is 0.478 e. The number of carbonyl (C=O) groups excluding carboxylic acids is 1. The lowest BCUT2D eigenvalue weighted by Gasteiger charge is -2.06. The van der Waals surface area contributed by atoms with Crippen molar-refractivity contribution in [2.45, 2.75) is 6.42 Å². The fourth-order valence-electron chi connectivity index (χ4n) is 1.85. The van der Waals surface area contributed by atoms with Gasteiger partial charge in [-0.1, -0.05) is 30.3 Å². The van der Waals surface area contributed by atoms with E-state index in [0.29, 0.717) is 29.5 Å².